The fourth-order valence-corrected chi connectivity index (χ4v) is 4.46. The Labute approximate surface area is 161 Å². The summed E-state index contributed by atoms with van der Waals surface area (Å²) in [4.78, 5) is 28.7. The van der Waals surface area contributed by atoms with E-state index >= 15 is 0 Å². The zero-order valence-corrected chi connectivity index (χ0v) is 15.5. The molecule has 8 heteroatoms. The van der Waals surface area contributed by atoms with Gasteiger partial charge in [0.1, 0.15) is 5.82 Å². The Kier molecular flexibility index (Phi) is 5.07. The highest BCUT2D eigenvalue weighted by Crippen LogP contribution is 2.37. The summed E-state index contributed by atoms with van der Waals surface area (Å²) in [7, 11) is 0. The van der Waals surface area contributed by atoms with Gasteiger partial charge in [0.2, 0.25) is 11.8 Å². The van der Waals surface area contributed by atoms with E-state index in [9.17, 15) is 22.8 Å². The van der Waals surface area contributed by atoms with Crippen LogP contribution in [0.3, 0.4) is 0 Å². The lowest BCUT2D eigenvalue weighted by molar-refractivity contribution is -0.135. The summed E-state index contributed by atoms with van der Waals surface area (Å²) in [5.41, 5.74) is 5.96. The molecule has 1 aromatic rings. The zero-order valence-electron chi connectivity index (χ0n) is 15.5. The average Bonchev–Trinajstić information content (AvgIpc) is 3.27. The van der Waals surface area contributed by atoms with Crippen LogP contribution in [0.15, 0.2) is 12.1 Å². The van der Waals surface area contributed by atoms with Gasteiger partial charge in [-0.25, -0.2) is 13.2 Å². The van der Waals surface area contributed by atoms with E-state index in [0.717, 1.165) is 25.3 Å². The van der Waals surface area contributed by atoms with Crippen LogP contribution in [0.5, 0.6) is 0 Å². The zero-order chi connectivity index (χ0) is 20.0. The van der Waals surface area contributed by atoms with E-state index in [4.69, 9.17) is 5.73 Å². The Morgan fingerprint density at radius 1 is 1.07 bits per heavy atom. The van der Waals surface area contributed by atoms with Gasteiger partial charge in [-0.2, -0.15) is 0 Å². The first-order valence-electron chi connectivity index (χ1n) is 9.80. The fraction of sp³-hybridized carbons (Fsp3) is 0.600. The molecule has 3 fully saturated rings. The molecule has 1 aromatic carbocycles. The van der Waals surface area contributed by atoms with Crippen molar-refractivity contribution in [1.82, 2.24) is 9.80 Å². The van der Waals surface area contributed by atoms with Crippen molar-refractivity contribution in [2.75, 3.05) is 19.6 Å². The van der Waals surface area contributed by atoms with E-state index in [1.807, 2.05) is 4.90 Å². The molecule has 0 spiro atoms. The number of nitrogens with zero attached hydrogens (tertiary/aromatic N) is 2. The first-order valence-corrected chi connectivity index (χ1v) is 9.80. The molecule has 0 bridgehead atoms. The highest BCUT2D eigenvalue weighted by Gasteiger charge is 2.46. The molecule has 1 aliphatic carbocycles. The van der Waals surface area contributed by atoms with Gasteiger partial charge in [0, 0.05) is 50.0 Å². The van der Waals surface area contributed by atoms with Crippen molar-refractivity contribution in [3.8, 4) is 0 Å². The molecular weight excluding hydrogens is 371 g/mol. The number of fused-ring (bicyclic) bond motifs is 1. The van der Waals surface area contributed by atoms with Gasteiger partial charge in [0.25, 0.3) is 0 Å². The Bertz CT molecular complexity index is 799. The van der Waals surface area contributed by atoms with Gasteiger partial charge in [-0.3, -0.25) is 9.59 Å². The number of carbonyl (C=O) groups is 2. The second-order valence-corrected chi connectivity index (χ2v) is 8.25. The molecule has 5 nitrogen and oxygen atoms in total. The van der Waals surface area contributed by atoms with Gasteiger partial charge in [0.15, 0.2) is 11.6 Å². The van der Waals surface area contributed by atoms with Crippen LogP contribution in [0.4, 0.5) is 13.2 Å². The molecule has 2 saturated heterocycles. The Hall–Kier alpha value is -2.09. The second-order valence-electron chi connectivity index (χ2n) is 8.25. The summed E-state index contributed by atoms with van der Waals surface area (Å²) >= 11 is 0. The van der Waals surface area contributed by atoms with Crippen LogP contribution in [-0.4, -0.2) is 53.3 Å². The van der Waals surface area contributed by atoms with E-state index in [1.54, 1.807) is 4.90 Å². The highest BCUT2D eigenvalue weighted by atomic mass is 19.2. The third-order valence-electron chi connectivity index (χ3n) is 6.11. The van der Waals surface area contributed by atoms with Crippen LogP contribution in [0, 0.1) is 29.3 Å². The second kappa shape index (κ2) is 7.39. The first-order chi connectivity index (χ1) is 13.3. The number of amides is 2. The SMILES string of the molecule is N[C@@H](CC(=O)N1CC[C@H]2CN(C(=O)C3CC3)C[C@H]21)Cc1cc(F)c(F)cc1F. The van der Waals surface area contributed by atoms with Gasteiger partial charge < -0.3 is 15.5 Å². The summed E-state index contributed by atoms with van der Waals surface area (Å²) < 4.78 is 40.2. The molecule has 4 rings (SSSR count). The molecule has 2 aliphatic heterocycles. The monoisotopic (exact) mass is 395 g/mol. The molecule has 2 heterocycles. The molecule has 2 amide bonds. The maximum Gasteiger partial charge on any atom is 0.225 e. The van der Waals surface area contributed by atoms with Crippen molar-refractivity contribution < 1.29 is 22.8 Å². The van der Waals surface area contributed by atoms with E-state index in [2.05, 4.69) is 0 Å². The minimum atomic E-state index is -1.25. The number of halogens is 3. The number of likely N-dealkylation sites (tertiary alicyclic amines) is 2. The summed E-state index contributed by atoms with van der Waals surface area (Å²) in [6.07, 6.45) is 2.73. The molecule has 28 heavy (non-hydrogen) atoms. The summed E-state index contributed by atoms with van der Waals surface area (Å²) in [5, 5.41) is 0. The minimum Gasteiger partial charge on any atom is -0.340 e. The van der Waals surface area contributed by atoms with E-state index in [0.29, 0.717) is 31.6 Å². The van der Waals surface area contributed by atoms with E-state index in [-0.39, 0.29) is 42.2 Å². The third kappa shape index (κ3) is 3.74. The topological polar surface area (TPSA) is 66.6 Å². The van der Waals surface area contributed by atoms with E-state index in [1.165, 1.54) is 0 Å². The minimum absolute atomic E-state index is 0.00176. The first kappa shape index (κ1) is 19.2. The van der Waals surface area contributed by atoms with Crippen molar-refractivity contribution >= 4 is 11.8 Å². The van der Waals surface area contributed by atoms with Crippen LogP contribution in [-0.2, 0) is 16.0 Å². The Balaban J connectivity index is 1.34. The number of carbonyl (C=O) groups excluding carboxylic acids is 2. The predicted octanol–water partition coefficient (Wildman–Crippen LogP) is 1.83. The van der Waals surface area contributed by atoms with Crippen molar-refractivity contribution in [2.45, 2.75) is 44.2 Å². The quantitative estimate of drug-likeness (QED) is 0.774. The fourth-order valence-electron chi connectivity index (χ4n) is 4.46. The predicted molar refractivity (Wildman–Crippen MR) is 95.5 cm³/mol. The van der Waals surface area contributed by atoms with Crippen LogP contribution in [0.2, 0.25) is 0 Å². The van der Waals surface area contributed by atoms with Crippen molar-refractivity contribution in [3.05, 3.63) is 35.1 Å². The maximum absolute atomic E-state index is 13.8. The van der Waals surface area contributed by atoms with Gasteiger partial charge in [-0.05, 0) is 37.3 Å². The number of hydrogen-bond acceptors (Lipinski definition) is 3. The lowest BCUT2D eigenvalue weighted by atomic mass is 10.0. The molecule has 0 radical (unpaired) electrons. The number of nitrogens with two attached hydrogens (primary N) is 1. The lowest BCUT2D eigenvalue weighted by Gasteiger charge is -2.26. The van der Waals surface area contributed by atoms with Crippen LogP contribution >= 0.6 is 0 Å². The highest BCUT2D eigenvalue weighted by molar-refractivity contribution is 5.82. The van der Waals surface area contributed by atoms with E-state index < -0.39 is 23.5 Å². The van der Waals surface area contributed by atoms with Crippen LogP contribution < -0.4 is 5.73 Å². The summed E-state index contributed by atoms with van der Waals surface area (Å²) in [5.74, 6) is -2.72. The molecule has 1 saturated carbocycles. The third-order valence-corrected chi connectivity index (χ3v) is 6.11. The largest absolute Gasteiger partial charge is 0.340 e. The molecule has 2 N–H and O–H groups in total. The maximum atomic E-state index is 13.8. The molecule has 3 aliphatic rings. The summed E-state index contributed by atoms with van der Waals surface area (Å²) in [6.45, 7) is 1.90. The molecule has 0 aromatic heterocycles. The number of hydrogen-bond donors (Lipinski definition) is 1. The molecule has 0 unspecified atom stereocenters. The van der Waals surface area contributed by atoms with Crippen LogP contribution in [0.25, 0.3) is 0 Å². The molecule has 3 atom stereocenters. The number of rotatable bonds is 5. The van der Waals surface area contributed by atoms with Gasteiger partial charge in [-0.15, -0.1) is 0 Å². The van der Waals surface area contributed by atoms with Crippen LogP contribution in [0.1, 0.15) is 31.2 Å². The van der Waals surface area contributed by atoms with Gasteiger partial charge in [-0.1, -0.05) is 0 Å². The standard InChI is InChI=1S/C20H24F3N3O2/c21-15-8-17(23)16(22)6-13(15)5-14(24)7-19(27)26-4-3-12-9-25(10-18(12)26)20(28)11-1-2-11/h6,8,11-12,14,18H,1-5,7,9-10,24H2/t12-,14+,18+/m0/s1. The Morgan fingerprint density at radius 2 is 1.79 bits per heavy atom. The van der Waals surface area contributed by atoms with Crippen molar-refractivity contribution in [1.29, 1.82) is 0 Å². The molecular formula is C20H24F3N3O2. The van der Waals surface area contributed by atoms with Crippen molar-refractivity contribution in [2.24, 2.45) is 17.6 Å². The van der Waals surface area contributed by atoms with Gasteiger partial charge in [0.05, 0.1) is 6.04 Å². The van der Waals surface area contributed by atoms with Crippen molar-refractivity contribution in [3.63, 3.8) is 0 Å². The summed E-state index contributed by atoms with van der Waals surface area (Å²) in [6, 6.07) is 0.604. The van der Waals surface area contributed by atoms with Gasteiger partial charge >= 0.3 is 0 Å². The average molecular weight is 395 g/mol. The lowest BCUT2D eigenvalue weighted by Crippen LogP contribution is -2.43. The normalized spacial score (nSPS) is 25.1. The Morgan fingerprint density at radius 3 is 2.50 bits per heavy atom. The number of benzene rings is 1. The molecule has 152 valence electrons. The smallest absolute Gasteiger partial charge is 0.225 e.